The Balaban J connectivity index is 1.52. The largest absolute Gasteiger partial charge is 0.780 e. The van der Waals surface area contributed by atoms with Crippen molar-refractivity contribution in [3.05, 3.63) is 24.3 Å². The van der Waals surface area contributed by atoms with Crippen LogP contribution in [0.1, 0.15) is 19.8 Å². The van der Waals surface area contributed by atoms with Gasteiger partial charge in [0.15, 0.2) is 5.75 Å². The molecule has 24 heavy (non-hydrogen) atoms. The average Bonchev–Trinajstić information content (AvgIpc) is 2.54. The van der Waals surface area contributed by atoms with Crippen molar-refractivity contribution in [3.63, 3.8) is 0 Å². The molecule has 2 bridgehead atoms. The number of hydrogen-bond donors (Lipinski definition) is 0. The summed E-state index contributed by atoms with van der Waals surface area (Å²) < 4.78 is 20.6. The molecule has 3 fully saturated rings. The third-order valence-electron chi connectivity index (χ3n) is 4.24. The van der Waals surface area contributed by atoms with Crippen molar-refractivity contribution in [3.8, 4) is 11.5 Å². The van der Waals surface area contributed by atoms with Gasteiger partial charge in [-0.3, -0.25) is 4.90 Å². The van der Waals surface area contributed by atoms with Gasteiger partial charge in [0.2, 0.25) is 5.90 Å². The van der Waals surface area contributed by atoms with Crippen LogP contribution in [0.4, 0.5) is 0 Å². The predicted octanol–water partition coefficient (Wildman–Crippen LogP) is 0.717. The van der Waals surface area contributed by atoms with Crippen molar-refractivity contribution in [1.29, 1.82) is 0 Å². The van der Waals surface area contributed by atoms with E-state index in [2.05, 4.69) is 14.6 Å². The van der Waals surface area contributed by atoms with Crippen LogP contribution >= 0.6 is 7.82 Å². The summed E-state index contributed by atoms with van der Waals surface area (Å²) in [7, 11) is -5.05. The Morgan fingerprint density at radius 2 is 1.83 bits per heavy atom. The number of phosphoric ester groups is 1. The van der Waals surface area contributed by atoms with Gasteiger partial charge < -0.3 is 28.5 Å². The molecule has 1 aromatic carbocycles. The fourth-order valence-corrected chi connectivity index (χ4v) is 3.47. The first-order valence-electron chi connectivity index (χ1n) is 7.81. The molecule has 9 heteroatoms. The molecule has 0 aromatic heterocycles. The summed E-state index contributed by atoms with van der Waals surface area (Å²) in [6.45, 7) is 4.95. The summed E-state index contributed by atoms with van der Waals surface area (Å²) in [6.07, 6.45) is 2.46. The Morgan fingerprint density at radius 3 is 2.38 bits per heavy atom. The first-order valence-corrected chi connectivity index (χ1v) is 9.27. The van der Waals surface area contributed by atoms with Crippen molar-refractivity contribution >= 4 is 13.7 Å². The molecule has 132 valence electrons. The van der Waals surface area contributed by atoms with Crippen LogP contribution in [0.5, 0.6) is 11.5 Å². The number of oxime groups is 1. The van der Waals surface area contributed by atoms with E-state index in [-0.39, 0.29) is 11.9 Å². The van der Waals surface area contributed by atoms with Crippen LogP contribution in [-0.2, 0) is 9.30 Å². The Bertz CT molecular complexity index is 636. The quantitative estimate of drug-likeness (QED) is 0.332. The van der Waals surface area contributed by atoms with Gasteiger partial charge in [-0.25, -0.2) is 0 Å². The van der Waals surface area contributed by atoms with Crippen molar-refractivity contribution < 1.29 is 28.5 Å². The van der Waals surface area contributed by atoms with E-state index in [1.165, 1.54) is 24.3 Å². The normalized spacial score (nSPS) is 27.0. The maximum Gasteiger partial charge on any atom is 0.223 e. The van der Waals surface area contributed by atoms with Crippen LogP contribution in [0.25, 0.3) is 0 Å². The van der Waals surface area contributed by atoms with Gasteiger partial charge in [0, 0.05) is 13.5 Å². The van der Waals surface area contributed by atoms with Gasteiger partial charge in [0.05, 0.1) is 0 Å². The Kier molecular flexibility index (Phi) is 5.10. The van der Waals surface area contributed by atoms with E-state index in [0.717, 1.165) is 32.5 Å². The lowest BCUT2D eigenvalue weighted by molar-refractivity contribution is -0.333. The van der Waals surface area contributed by atoms with Gasteiger partial charge in [0.25, 0.3) is 0 Å². The smallest absolute Gasteiger partial charge is 0.223 e. The van der Waals surface area contributed by atoms with Crippen LogP contribution < -0.4 is 19.1 Å². The number of hydrogen-bond acceptors (Lipinski definition) is 8. The third-order valence-corrected chi connectivity index (χ3v) is 4.67. The lowest BCUT2D eigenvalue weighted by Gasteiger charge is -2.44. The minimum atomic E-state index is -5.05. The number of benzene rings is 1. The van der Waals surface area contributed by atoms with Crippen molar-refractivity contribution in [1.82, 2.24) is 4.90 Å². The molecule has 3 aliphatic heterocycles. The lowest BCUT2D eigenvalue weighted by Crippen LogP contribution is -2.51. The summed E-state index contributed by atoms with van der Waals surface area (Å²) in [6, 6.07) is 5.54. The Morgan fingerprint density at radius 1 is 1.21 bits per heavy atom. The standard InChI is InChI=1S/C15H21N2O6P/c1-11(21-15-10-17-8-6-12(15)7-9-17)16-22-13-2-4-14(5-3-13)23-24(18,19)20/h2-5,12,15H,6-10H2,1H3,(H2,18,19,20)/p-2. The molecule has 0 saturated carbocycles. The van der Waals surface area contributed by atoms with Gasteiger partial charge in [-0.05, 0) is 61.3 Å². The summed E-state index contributed by atoms with van der Waals surface area (Å²) in [5.41, 5.74) is 0. The molecule has 4 rings (SSSR count). The molecule has 8 nitrogen and oxygen atoms in total. The topological polar surface area (TPSA) is 106 Å². The monoisotopic (exact) mass is 354 g/mol. The van der Waals surface area contributed by atoms with E-state index in [0.29, 0.717) is 17.6 Å². The van der Waals surface area contributed by atoms with Crippen LogP contribution in [0.2, 0.25) is 0 Å². The molecule has 0 amide bonds. The summed E-state index contributed by atoms with van der Waals surface area (Å²) in [4.78, 5) is 28.7. The Hall–Kier alpha value is -1.60. The highest BCUT2D eigenvalue weighted by atomic mass is 31.2. The molecular weight excluding hydrogens is 335 g/mol. The van der Waals surface area contributed by atoms with Gasteiger partial charge >= 0.3 is 0 Å². The maximum absolute atomic E-state index is 10.5. The average molecular weight is 354 g/mol. The second-order valence-corrected chi connectivity index (χ2v) is 7.08. The molecule has 0 N–H and O–H groups in total. The highest BCUT2D eigenvalue weighted by Gasteiger charge is 2.35. The minimum absolute atomic E-state index is 0.0695. The Labute approximate surface area is 140 Å². The van der Waals surface area contributed by atoms with Crippen LogP contribution in [0.3, 0.4) is 0 Å². The zero-order valence-corrected chi connectivity index (χ0v) is 14.2. The minimum Gasteiger partial charge on any atom is -0.780 e. The second-order valence-electron chi connectivity index (χ2n) is 6.01. The van der Waals surface area contributed by atoms with Crippen molar-refractivity contribution in [2.75, 3.05) is 19.6 Å². The molecule has 3 aliphatic rings. The number of piperidine rings is 3. The molecule has 3 saturated heterocycles. The van der Waals surface area contributed by atoms with Crippen molar-refractivity contribution in [2.24, 2.45) is 11.1 Å². The molecule has 3 heterocycles. The molecule has 1 aromatic rings. The predicted molar refractivity (Wildman–Crippen MR) is 82.5 cm³/mol. The second kappa shape index (κ2) is 7.11. The van der Waals surface area contributed by atoms with E-state index >= 15 is 0 Å². The SMILES string of the molecule is CC(=NOc1ccc(OP(=O)([O-])[O-])cc1)OC1CN2CCC1CC2. The first-order chi connectivity index (χ1) is 11.4. The number of ether oxygens (including phenoxy) is 1. The highest BCUT2D eigenvalue weighted by Crippen LogP contribution is 2.31. The fraction of sp³-hybridized carbons (Fsp3) is 0.533. The number of phosphoric acid groups is 1. The number of rotatable bonds is 5. The molecule has 0 radical (unpaired) electrons. The van der Waals surface area contributed by atoms with Gasteiger partial charge in [-0.15, -0.1) is 0 Å². The molecular formula is C15H19N2O6P-2. The summed E-state index contributed by atoms with van der Waals surface area (Å²) >= 11 is 0. The van der Waals surface area contributed by atoms with Crippen LogP contribution in [0.15, 0.2) is 29.4 Å². The van der Waals surface area contributed by atoms with E-state index in [1.54, 1.807) is 6.92 Å². The van der Waals surface area contributed by atoms with Crippen molar-refractivity contribution in [2.45, 2.75) is 25.9 Å². The molecule has 1 unspecified atom stereocenters. The lowest BCUT2D eigenvalue weighted by atomic mass is 9.86. The molecule has 0 spiro atoms. The molecule has 0 aliphatic carbocycles. The fourth-order valence-electron chi connectivity index (χ4n) is 3.09. The van der Waals surface area contributed by atoms with E-state index < -0.39 is 7.82 Å². The van der Waals surface area contributed by atoms with Crippen LogP contribution in [-0.4, -0.2) is 36.5 Å². The number of nitrogens with zero attached hydrogens (tertiary/aromatic N) is 2. The maximum atomic E-state index is 10.5. The van der Waals surface area contributed by atoms with E-state index in [1.807, 2.05) is 0 Å². The summed E-state index contributed by atoms with van der Waals surface area (Å²) in [5.74, 6) is 1.33. The van der Waals surface area contributed by atoms with Gasteiger partial charge in [-0.2, -0.15) is 0 Å². The zero-order chi connectivity index (χ0) is 17.2. The molecule has 1 atom stereocenters. The third kappa shape index (κ3) is 4.70. The van der Waals surface area contributed by atoms with E-state index in [9.17, 15) is 14.4 Å². The zero-order valence-electron chi connectivity index (χ0n) is 13.3. The van der Waals surface area contributed by atoms with E-state index in [4.69, 9.17) is 9.57 Å². The van der Waals surface area contributed by atoms with Gasteiger partial charge in [-0.1, -0.05) is 0 Å². The highest BCUT2D eigenvalue weighted by molar-refractivity contribution is 7.43. The first kappa shape index (κ1) is 17.2. The van der Waals surface area contributed by atoms with Crippen LogP contribution in [0, 0.1) is 5.92 Å². The van der Waals surface area contributed by atoms with Gasteiger partial charge in [0.1, 0.15) is 19.7 Å². The summed E-state index contributed by atoms with van der Waals surface area (Å²) in [5, 5.41) is 3.93. The number of fused-ring (bicyclic) bond motifs is 3.